The molecule has 4 heteroatoms. The van der Waals surface area contributed by atoms with Crippen LogP contribution in [0.15, 0.2) is 48.7 Å². The molecule has 0 aliphatic heterocycles. The number of hydrogen-bond acceptors (Lipinski definition) is 3. The van der Waals surface area contributed by atoms with Crippen LogP contribution in [0.3, 0.4) is 0 Å². The number of rotatable bonds is 5. The standard InChI is InChI=1S/C14H14N2O2/c17-14(18)13-7-2-1-5-11(13)9-15-10-12-6-3-4-8-16-12/h1-8,15H,9-10H2,(H,17,18). The number of pyridine rings is 1. The summed E-state index contributed by atoms with van der Waals surface area (Å²) in [4.78, 5) is 15.2. The van der Waals surface area contributed by atoms with Gasteiger partial charge in [0, 0.05) is 19.3 Å². The lowest BCUT2D eigenvalue weighted by atomic mass is 10.1. The van der Waals surface area contributed by atoms with Gasteiger partial charge in [0.25, 0.3) is 0 Å². The summed E-state index contributed by atoms with van der Waals surface area (Å²) < 4.78 is 0. The number of nitrogens with zero attached hydrogens (tertiary/aromatic N) is 1. The lowest BCUT2D eigenvalue weighted by molar-refractivity contribution is 0.0695. The Balaban J connectivity index is 1.97. The molecular weight excluding hydrogens is 228 g/mol. The van der Waals surface area contributed by atoms with E-state index >= 15 is 0 Å². The second-order valence-electron chi connectivity index (χ2n) is 3.89. The molecule has 0 atom stereocenters. The van der Waals surface area contributed by atoms with E-state index in [0.717, 1.165) is 11.3 Å². The number of carbonyl (C=O) groups is 1. The normalized spacial score (nSPS) is 10.2. The van der Waals surface area contributed by atoms with Crippen LogP contribution in [-0.4, -0.2) is 16.1 Å². The van der Waals surface area contributed by atoms with Gasteiger partial charge in [-0.15, -0.1) is 0 Å². The van der Waals surface area contributed by atoms with Crippen molar-refractivity contribution < 1.29 is 9.90 Å². The van der Waals surface area contributed by atoms with E-state index in [1.165, 1.54) is 0 Å². The molecule has 0 aliphatic rings. The Kier molecular flexibility index (Phi) is 4.04. The number of carboxylic acids is 1. The van der Waals surface area contributed by atoms with Gasteiger partial charge in [-0.3, -0.25) is 4.98 Å². The van der Waals surface area contributed by atoms with Gasteiger partial charge in [0.05, 0.1) is 11.3 Å². The molecule has 2 N–H and O–H groups in total. The quantitative estimate of drug-likeness (QED) is 0.842. The summed E-state index contributed by atoms with van der Waals surface area (Å²) in [6.07, 6.45) is 1.74. The largest absolute Gasteiger partial charge is 0.478 e. The second kappa shape index (κ2) is 5.93. The average Bonchev–Trinajstić information content (AvgIpc) is 2.40. The fourth-order valence-electron chi connectivity index (χ4n) is 1.71. The van der Waals surface area contributed by atoms with Crippen LogP contribution in [0, 0.1) is 0 Å². The van der Waals surface area contributed by atoms with Crippen LogP contribution in [0.25, 0.3) is 0 Å². The molecule has 0 amide bonds. The van der Waals surface area contributed by atoms with Gasteiger partial charge >= 0.3 is 5.97 Å². The first-order valence-corrected chi connectivity index (χ1v) is 5.69. The molecule has 0 fully saturated rings. The molecule has 1 heterocycles. The third-order valence-electron chi connectivity index (χ3n) is 2.60. The molecule has 0 spiro atoms. The third kappa shape index (κ3) is 3.15. The first-order chi connectivity index (χ1) is 8.77. The van der Waals surface area contributed by atoms with Gasteiger partial charge in [-0.25, -0.2) is 4.79 Å². The van der Waals surface area contributed by atoms with Crippen LogP contribution in [0.5, 0.6) is 0 Å². The Hall–Kier alpha value is -2.20. The van der Waals surface area contributed by atoms with Crippen molar-refractivity contribution in [3.05, 3.63) is 65.5 Å². The van der Waals surface area contributed by atoms with E-state index < -0.39 is 5.97 Å². The highest BCUT2D eigenvalue weighted by atomic mass is 16.4. The van der Waals surface area contributed by atoms with Gasteiger partial charge in [-0.2, -0.15) is 0 Å². The first-order valence-electron chi connectivity index (χ1n) is 5.69. The van der Waals surface area contributed by atoms with Crippen molar-refractivity contribution in [2.75, 3.05) is 0 Å². The number of carboxylic acid groups (broad SMARTS) is 1. The molecule has 0 aliphatic carbocycles. The Bertz CT molecular complexity index is 526. The summed E-state index contributed by atoms with van der Waals surface area (Å²) in [5, 5.41) is 12.2. The minimum Gasteiger partial charge on any atom is -0.478 e. The predicted molar refractivity (Wildman–Crippen MR) is 68.2 cm³/mol. The lowest BCUT2D eigenvalue weighted by Crippen LogP contribution is -2.16. The average molecular weight is 242 g/mol. The molecule has 0 radical (unpaired) electrons. The molecule has 18 heavy (non-hydrogen) atoms. The Labute approximate surface area is 105 Å². The van der Waals surface area contributed by atoms with Crippen molar-refractivity contribution in [1.29, 1.82) is 0 Å². The van der Waals surface area contributed by atoms with Crippen molar-refractivity contribution in [3.63, 3.8) is 0 Å². The number of benzene rings is 1. The number of aromatic carboxylic acids is 1. The molecule has 4 nitrogen and oxygen atoms in total. The molecule has 1 aromatic heterocycles. The van der Waals surface area contributed by atoms with E-state index in [1.54, 1.807) is 18.3 Å². The van der Waals surface area contributed by atoms with Gasteiger partial charge in [-0.1, -0.05) is 24.3 Å². The van der Waals surface area contributed by atoms with Crippen LogP contribution in [0.1, 0.15) is 21.6 Å². The number of aromatic nitrogens is 1. The molecule has 2 rings (SSSR count). The van der Waals surface area contributed by atoms with Crippen LogP contribution < -0.4 is 5.32 Å². The Morgan fingerprint density at radius 1 is 1.11 bits per heavy atom. The van der Waals surface area contributed by atoms with E-state index in [1.807, 2.05) is 30.3 Å². The molecule has 2 aromatic rings. The highest BCUT2D eigenvalue weighted by Crippen LogP contribution is 2.08. The minimum atomic E-state index is -0.898. The molecule has 1 aromatic carbocycles. The zero-order valence-corrected chi connectivity index (χ0v) is 9.84. The van der Waals surface area contributed by atoms with Crippen molar-refractivity contribution in [1.82, 2.24) is 10.3 Å². The lowest BCUT2D eigenvalue weighted by Gasteiger charge is -2.07. The van der Waals surface area contributed by atoms with Crippen molar-refractivity contribution in [3.8, 4) is 0 Å². The summed E-state index contributed by atoms with van der Waals surface area (Å²) in [7, 11) is 0. The highest BCUT2D eigenvalue weighted by Gasteiger charge is 2.07. The highest BCUT2D eigenvalue weighted by molar-refractivity contribution is 5.89. The summed E-state index contributed by atoms with van der Waals surface area (Å²) in [6, 6.07) is 12.7. The van der Waals surface area contributed by atoms with E-state index in [9.17, 15) is 4.79 Å². The predicted octanol–water partition coefficient (Wildman–Crippen LogP) is 2.07. The van der Waals surface area contributed by atoms with Crippen molar-refractivity contribution in [2.45, 2.75) is 13.1 Å². The molecule has 0 bridgehead atoms. The Morgan fingerprint density at radius 2 is 1.89 bits per heavy atom. The van der Waals surface area contributed by atoms with Crippen LogP contribution in [0.4, 0.5) is 0 Å². The molecule has 0 saturated heterocycles. The minimum absolute atomic E-state index is 0.339. The smallest absolute Gasteiger partial charge is 0.336 e. The number of hydrogen-bond donors (Lipinski definition) is 2. The zero-order chi connectivity index (χ0) is 12.8. The number of nitrogens with one attached hydrogen (secondary N) is 1. The second-order valence-corrected chi connectivity index (χ2v) is 3.89. The summed E-state index contributed by atoms with van der Waals surface area (Å²) in [5.74, 6) is -0.898. The molecule has 92 valence electrons. The van der Waals surface area contributed by atoms with E-state index in [0.29, 0.717) is 18.7 Å². The van der Waals surface area contributed by atoms with Gasteiger partial charge < -0.3 is 10.4 Å². The van der Waals surface area contributed by atoms with Gasteiger partial charge in [0.2, 0.25) is 0 Å². The van der Waals surface area contributed by atoms with Gasteiger partial charge in [0.1, 0.15) is 0 Å². The SMILES string of the molecule is O=C(O)c1ccccc1CNCc1ccccn1. The van der Waals surface area contributed by atoms with E-state index in [-0.39, 0.29) is 0 Å². The Morgan fingerprint density at radius 3 is 2.61 bits per heavy atom. The third-order valence-corrected chi connectivity index (χ3v) is 2.60. The maximum atomic E-state index is 11.0. The van der Waals surface area contributed by atoms with Gasteiger partial charge in [-0.05, 0) is 23.8 Å². The van der Waals surface area contributed by atoms with Crippen LogP contribution in [-0.2, 0) is 13.1 Å². The maximum absolute atomic E-state index is 11.0. The van der Waals surface area contributed by atoms with E-state index in [4.69, 9.17) is 5.11 Å². The van der Waals surface area contributed by atoms with Gasteiger partial charge in [0.15, 0.2) is 0 Å². The fourth-order valence-corrected chi connectivity index (χ4v) is 1.71. The van der Waals surface area contributed by atoms with Crippen molar-refractivity contribution >= 4 is 5.97 Å². The molecule has 0 saturated carbocycles. The maximum Gasteiger partial charge on any atom is 0.336 e. The summed E-state index contributed by atoms with van der Waals surface area (Å²) >= 11 is 0. The summed E-state index contributed by atoms with van der Waals surface area (Å²) in [6.45, 7) is 1.13. The fraction of sp³-hybridized carbons (Fsp3) is 0.143. The first kappa shape index (κ1) is 12.3. The van der Waals surface area contributed by atoms with Crippen LogP contribution in [0.2, 0.25) is 0 Å². The topological polar surface area (TPSA) is 62.2 Å². The zero-order valence-electron chi connectivity index (χ0n) is 9.84. The van der Waals surface area contributed by atoms with E-state index in [2.05, 4.69) is 10.3 Å². The summed E-state index contributed by atoms with van der Waals surface area (Å²) in [5.41, 5.74) is 2.05. The monoisotopic (exact) mass is 242 g/mol. The molecular formula is C14H14N2O2. The molecule has 0 unspecified atom stereocenters. The van der Waals surface area contributed by atoms with Crippen LogP contribution >= 0.6 is 0 Å². The van der Waals surface area contributed by atoms with Crippen molar-refractivity contribution in [2.24, 2.45) is 0 Å².